The monoisotopic (exact) mass is 258 g/mol. The van der Waals surface area contributed by atoms with Gasteiger partial charge in [-0.2, -0.15) is 0 Å². The minimum Gasteiger partial charge on any atom is -0.493 e. The lowest BCUT2D eigenvalue weighted by molar-refractivity contribution is -0.124. The van der Waals surface area contributed by atoms with Gasteiger partial charge in [-0.05, 0) is 14.0 Å². The highest BCUT2D eigenvalue weighted by molar-refractivity contribution is 5.84. The van der Waals surface area contributed by atoms with E-state index in [9.17, 15) is 13.6 Å². The molecule has 0 heterocycles. The van der Waals surface area contributed by atoms with Crippen LogP contribution in [0.15, 0.2) is 18.2 Å². The lowest BCUT2D eigenvalue weighted by atomic mass is 9.98. The smallest absolute Gasteiger partial charge is 0.237 e. The van der Waals surface area contributed by atoms with Gasteiger partial charge < -0.3 is 15.8 Å². The zero-order chi connectivity index (χ0) is 13.8. The highest BCUT2D eigenvalue weighted by Gasteiger charge is 2.28. The Morgan fingerprint density at radius 1 is 1.39 bits per heavy atom. The third-order valence-corrected chi connectivity index (χ3v) is 2.80. The molecule has 0 radical (unpaired) electrons. The lowest BCUT2D eigenvalue weighted by Crippen LogP contribution is -2.52. The Labute approximate surface area is 104 Å². The molecule has 1 rings (SSSR count). The van der Waals surface area contributed by atoms with Gasteiger partial charge in [0.1, 0.15) is 17.4 Å². The molecule has 0 aliphatic carbocycles. The predicted molar refractivity (Wildman–Crippen MR) is 63.1 cm³/mol. The SMILES string of the molecule is CNC(C)(CCOc1cc(F)cc(F)c1)C(N)=O. The maximum atomic E-state index is 12.9. The molecule has 0 saturated heterocycles. The first-order valence-corrected chi connectivity index (χ1v) is 5.45. The first-order valence-electron chi connectivity index (χ1n) is 5.45. The van der Waals surface area contributed by atoms with E-state index in [2.05, 4.69) is 5.32 Å². The Balaban J connectivity index is 2.58. The number of ether oxygens (including phenoxy) is 1. The summed E-state index contributed by atoms with van der Waals surface area (Å²) in [6.45, 7) is 1.74. The fourth-order valence-electron chi connectivity index (χ4n) is 1.36. The van der Waals surface area contributed by atoms with E-state index >= 15 is 0 Å². The molecule has 1 amide bonds. The fourth-order valence-corrected chi connectivity index (χ4v) is 1.36. The summed E-state index contributed by atoms with van der Waals surface area (Å²) in [6.07, 6.45) is 0.289. The summed E-state index contributed by atoms with van der Waals surface area (Å²) >= 11 is 0. The fraction of sp³-hybridized carbons (Fsp3) is 0.417. The number of amides is 1. The number of halogens is 2. The molecule has 1 aromatic rings. The Kier molecular flexibility index (Phi) is 4.61. The Morgan fingerprint density at radius 3 is 2.39 bits per heavy atom. The number of hydrogen-bond acceptors (Lipinski definition) is 3. The number of rotatable bonds is 6. The summed E-state index contributed by atoms with van der Waals surface area (Å²) in [7, 11) is 1.60. The number of nitrogens with two attached hydrogens (primary N) is 1. The minimum atomic E-state index is -0.911. The zero-order valence-corrected chi connectivity index (χ0v) is 10.3. The second-order valence-corrected chi connectivity index (χ2v) is 4.15. The number of likely N-dealkylation sites (N-methyl/N-ethyl adjacent to an activating group) is 1. The average molecular weight is 258 g/mol. The van der Waals surface area contributed by atoms with Gasteiger partial charge in [0.05, 0.1) is 12.1 Å². The van der Waals surface area contributed by atoms with E-state index < -0.39 is 23.1 Å². The van der Waals surface area contributed by atoms with Gasteiger partial charge in [-0.25, -0.2) is 8.78 Å². The van der Waals surface area contributed by atoms with Crippen LogP contribution in [0.4, 0.5) is 8.78 Å². The number of primary amides is 1. The molecule has 6 heteroatoms. The van der Waals surface area contributed by atoms with Gasteiger partial charge in [0.25, 0.3) is 0 Å². The quantitative estimate of drug-likeness (QED) is 0.805. The van der Waals surface area contributed by atoms with Crippen LogP contribution >= 0.6 is 0 Å². The highest BCUT2D eigenvalue weighted by atomic mass is 19.1. The Hall–Kier alpha value is -1.69. The van der Waals surface area contributed by atoms with Crippen molar-refractivity contribution >= 4 is 5.91 Å². The first kappa shape index (κ1) is 14.4. The molecule has 0 aliphatic rings. The summed E-state index contributed by atoms with van der Waals surface area (Å²) in [4.78, 5) is 11.2. The van der Waals surface area contributed by atoms with Crippen molar-refractivity contribution in [3.8, 4) is 5.75 Å². The molecular formula is C12H16F2N2O2. The predicted octanol–water partition coefficient (Wildman–Crippen LogP) is 1.20. The highest BCUT2D eigenvalue weighted by Crippen LogP contribution is 2.17. The molecule has 3 N–H and O–H groups in total. The average Bonchev–Trinajstić information content (AvgIpc) is 2.27. The molecule has 4 nitrogen and oxygen atoms in total. The summed E-state index contributed by atoms with van der Waals surface area (Å²) < 4.78 is 30.9. The van der Waals surface area contributed by atoms with Crippen molar-refractivity contribution in [2.45, 2.75) is 18.9 Å². The molecule has 1 atom stereocenters. The molecule has 0 aromatic heterocycles. The van der Waals surface area contributed by atoms with Crippen molar-refractivity contribution in [2.75, 3.05) is 13.7 Å². The molecule has 1 aromatic carbocycles. The molecular weight excluding hydrogens is 242 g/mol. The zero-order valence-electron chi connectivity index (χ0n) is 10.3. The third kappa shape index (κ3) is 3.66. The van der Waals surface area contributed by atoms with E-state index in [1.807, 2.05) is 0 Å². The van der Waals surface area contributed by atoms with Gasteiger partial charge in [0, 0.05) is 24.6 Å². The van der Waals surface area contributed by atoms with Gasteiger partial charge >= 0.3 is 0 Å². The van der Waals surface area contributed by atoms with E-state index in [0.29, 0.717) is 0 Å². The molecule has 18 heavy (non-hydrogen) atoms. The van der Waals surface area contributed by atoms with Crippen molar-refractivity contribution in [1.29, 1.82) is 0 Å². The first-order chi connectivity index (χ1) is 8.37. The van der Waals surface area contributed by atoms with E-state index in [1.54, 1.807) is 14.0 Å². The molecule has 0 fully saturated rings. The summed E-state index contributed by atoms with van der Waals surface area (Å²) in [5.41, 5.74) is 4.32. The van der Waals surface area contributed by atoms with Crippen molar-refractivity contribution in [2.24, 2.45) is 5.73 Å². The number of benzene rings is 1. The number of hydrogen-bond donors (Lipinski definition) is 2. The van der Waals surface area contributed by atoms with Crippen LogP contribution in [0, 0.1) is 11.6 Å². The number of carbonyl (C=O) groups excluding carboxylic acids is 1. The van der Waals surface area contributed by atoms with Crippen LogP contribution in [0.3, 0.4) is 0 Å². The van der Waals surface area contributed by atoms with E-state index in [4.69, 9.17) is 10.5 Å². The van der Waals surface area contributed by atoms with Crippen molar-refractivity contribution in [1.82, 2.24) is 5.32 Å². The van der Waals surface area contributed by atoms with E-state index in [-0.39, 0.29) is 18.8 Å². The van der Waals surface area contributed by atoms with Crippen LogP contribution in [-0.2, 0) is 4.79 Å². The van der Waals surface area contributed by atoms with E-state index in [0.717, 1.165) is 18.2 Å². The maximum Gasteiger partial charge on any atom is 0.237 e. The lowest BCUT2D eigenvalue weighted by Gasteiger charge is -2.25. The van der Waals surface area contributed by atoms with Crippen LogP contribution in [0.1, 0.15) is 13.3 Å². The van der Waals surface area contributed by atoms with Crippen LogP contribution in [0.5, 0.6) is 5.75 Å². The van der Waals surface area contributed by atoms with Crippen LogP contribution < -0.4 is 15.8 Å². The second-order valence-electron chi connectivity index (χ2n) is 4.15. The summed E-state index contributed by atoms with van der Waals surface area (Å²) in [5, 5.41) is 2.78. The van der Waals surface area contributed by atoms with E-state index in [1.165, 1.54) is 0 Å². The molecule has 0 spiro atoms. The standard InChI is InChI=1S/C12H16F2N2O2/c1-12(16-2,11(15)17)3-4-18-10-6-8(13)5-9(14)7-10/h5-7,16H,3-4H2,1-2H3,(H2,15,17). The van der Waals surface area contributed by atoms with Gasteiger partial charge in [0.2, 0.25) is 5.91 Å². The number of carbonyl (C=O) groups is 1. The second kappa shape index (κ2) is 5.77. The van der Waals surface area contributed by atoms with Gasteiger partial charge in [0.15, 0.2) is 0 Å². The number of nitrogens with one attached hydrogen (secondary N) is 1. The van der Waals surface area contributed by atoms with Crippen molar-refractivity contribution in [3.63, 3.8) is 0 Å². The summed E-state index contributed by atoms with van der Waals surface area (Å²) in [6, 6.07) is 2.90. The van der Waals surface area contributed by atoms with Gasteiger partial charge in [-0.15, -0.1) is 0 Å². The van der Waals surface area contributed by atoms with Gasteiger partial charge in [-0.1, -0.05) is 0 Å². The minimum absolute atomic E-state index is 0.0791. The molecule has 0 saturated carbocycles. The summed E-state index contributed by atoms with van der Waals surface area (Å²) in [5.74, 6) is -1.86. The topological polar surface area (TPSA) is 64.3 Å². The molecule has 1 unspecified atom stereocenters. The largest absolute Gasteiger partial charge is 0.493 e. The Bertz CT molecular complexity index is 420. The van der Waals surface area contributed by atoms with Crippen LogP contribution in [0.2, 0.25) is 0 Å². The maximum absolute atomic E-state index is 12.9. The third-order valence-electron chi connectivity index (χ3n) is 2.80. The van der Waals surface area contributed by atoms with Crippen molar-refractivity contribution in [3.05, 3.63) is 29.8 Å². The van der Waals surface area contributed by atoms with Crippen LogP contribution in [0.25, 0.3) is 0 Å². The van der Waals surface area contributed by atoms with Crippen molar-refractivity contribution < 1.29 is 18.3 Å². The molecule has 0 aliphatic heterocycles. The Morgan fingerprint density at radius 2 is 1.94 bits per heavy atom. The molecule has 100 valence electrons. The normalized spacial score (nSPS) is 14.0. The van der Waals surface area contributed by atoms with Crippen LogP contribution in [-0.4, -0.2) is 25.1 Å². The molecule has 0 bridgehead atoms. The van der Waals surface area contributed by atoms with Gasteiger partial charge in [-0.3, -0.25) is 4.79 Å².